The van der Waals surface area contributed by atoms with Crippen LogP contribution in [0.15, 0.2) is 42.6 Å². The van der Waals surface area contributed by atoms with Crippen LogP contribution in [0.5, 0.6) is 5.75 Å². The lowest BCUT2D eigenvalue weighted by Crippen LogP contribution is -2.49. The summed E-state index contributed by atoms with van der Waals surface area (Å²) in [5, 5.41) is 0. The molecule has 0 saturated carbocycles. The van der Waals surface area contributed by atoms with Crippen LogP contribution in [0.3, 0.4) is 0 Å². The standard InChI is InChI=1S/C18H22N4O2.2ClH/c1-24-16-6-7-20-17(13-16)21-8-10-22(11-9-21)18(23)12-14-2-4-15(19)5-3-14;;/h2-7,13H,8-12,19H2,1H3;2*1H. The monoisotopic (exact) mass is 398 g/mol. The fourth-order valence-electron chi connectivity index (χ4n) is 2.81. The molecule has 2 aromatic rings. The molecule has 1 saturated heterocycles. The minimum absolute atomic E-state index is 0. The lowest BCUT2D eigenvalue weighted by atomic mass is 10.1. The Balaban J connectivity index is 0.00000169. The third-order valence-corrected chi connectivity index (χ3v) is 4.24. The van der Waals surface area contributed by atoms with Crippen molar-refractivity contribution in [1.82, 2.24) is 9.88 Å². The van der Waals surface area contributed by atoms with Crippen molar-refractivity contribution in [3.8, 4) is 5.75 Å². The van der Waals surface area contributed by atoms with Gasteiger partial charge in [-0.25, -0.2) is 4.98 Å². The van der Waals surface area contributed by atoms with Crippen molar-refractivity contribution in [2.75, 3.05) is 43.9 Å². The number of carbonyl (C=O) groups is 1. The second-order valence-corrected chi connectivity index (χ2v) is 5.84. The molecule has 1 aromatic carbocycles. The molecule has 0 bridgehead atoms. The summed E-state index contributed by atoms with van der Waals surface area (Å²) in [7, 11) is 1.65. The van der Waals surface area contributed by atoms with Crippen LogP contribution in [0.2, 0.25) is 0 Å². The van der Waals surface area contributed by atoms with Gasteiger partial charge in [0, 0.05) is 44.1 Å². The number of methoxy groups -OCH3 is 1. The van der Waals surface area contributed by atoms with E-state index in [9.17, 15) is 4.79 Å². The van der Waals surface area contributed by atoms with E-state index < -0.39 is 0 Å². The molecule has 0 unspecified atom stereocenters. The smallest absolute Gasteiger partial charge is 0.227 e. The van der Waals surface area contributed by atoms with Gasteiger partial charge in [-0.15, -0.1) is 24.8 Å². The molecule has 26 heavy (non-hydrogen) atoms. The van der Waals surface area contributed by atoms with Crippen molar-refractivity contribution < 1.29 is 9.53 Å². The number of rotatable bonds is 4. The SMILES string of the molecule is COc1ccnc(N2CCN(C(=O)Cc3ccc(N)cc3)CC2)c1.Cl.Cl. The molecule has 1 amide bonds. The number of nitrogens with zero attached hydrogens (tertiary/aromatic N) is 3. The zero-order valence-electron chi connectivity index (χ0n) is 14.6. The second kappa shape index (κ2) is 10.1. The summed E-state index contributed by atoms with van der Waals surface area (Å²) in [6, 6.07) is 11.2. The van der Waals surface area contributed by atoms with E-state index in [0.717, 1.165) is 30.2 Å². The summed E-state index contributed by atoms with van der Waals surface area (Å²) in [4.78, 5) is 20.9. The molecule has 8 heteroatoms. The Morgan fingerprint density at radius 2 is 1.77 bits per heavy atom. The van der Waals surface area contributed by atoms with Crippen molar-refractivity contribution in [2.24, 2.45) is 0 Å². The highest BCUT2D eigenvalue weighted by atomic mass is 35.5. The van der Waals surface area contributed by atoms with Crippen LogP contribution in [0.25, 0.3) is 0 Å². The van der Waals surface area contributed by atoms with E-state index in [1.165, 1.54) is 0 Å². The molecule has 142 valence electrons. The van der Waals surface area contributed by atoms with Crippen LogP contribution >= 0.6 is 24.8 Å². The lowest BCUT2D eigenvalue weighted by Gasteiger charge is -2.35. The van der Waals surface area contributed by atoms with Gasteiger partial charge in [0.1, 0.15) is 11.6 Å². The Hall–Kier alpha value is -2.18. The number of nitrogens with two attached hydrogens (primary N) is 1. The van der Waals surface area contributed by atoms with E-state index in [-0.39, 0.29) is 30.7 Å². The number of halogens is 2. The van der Waals surface area contributed by atoms with E-state index in [2.05, 4.69) is 9.88 Å². The predicted molar refractivity (Wildman–Crippen MR) is 109 cm³/mol. The first-order valence-electron chi connectivity index (χ1n) is 8.03. The zero-order chi connectivity index (χ0) is 16.9. The Morgan fingerprint density at radius 3 is 2.38 bits per heavy atom. The number of hydrogen-bond acceptors (Lipinski definition) is 5. The van der Waals surface area contributed by atoms with Gasteiger partial charge in [-0.2, -0.15) is 0 Å². The average Bonchev–Trinajstić information content (AvgIpc) is 2.64. The van der Waals surface area contributed by atoms with Gasteiger partial charge in [0.2, 0.25) is 5.91 Å². The molecule has 2 heterocycles. The largest absolute Gasteiger partial charge is 0.497 e. The number of benzene rings is 1. The van der Waals surface area contributed by atoms with E-state index >= 15 is 0 Å². The zero-order valence-corrected chi connectivity index (χ0v) is 16.3. The number of pyridine rings is 1. The molecule has 0 spiro atoms. The summed E-state index contributed by atoms with van der Waals surface area (Å²) >= 11 is 0. The number of ether oxygens (including phenoxy) is 1. The van der Waals surface area contributed by atoms with Crippen LogP contribution in [-0.2, 0) is 11.2 Å². The maximum absolute atomic E-state index is 12.4. The van der Waals surface area contributed by atoms with Crippen molar-refractivity contribution >= 4 is 42.2 Å². The number of nitrogen functional groups attached to an aromatic ring is 1. The molecule has 0 atom stereocenters. The van der Waals surface area contributed by atoms with Crippen molar-refractivity contribution in [3.63, 3.8) is 0 Å². The quantitative estimate of drug-likeness (QED) is 0.800. The molecule has 2 N–H and O–H groups in total. The van der Waals surface area contributed by atoms with E-state index in [0.29, 0.717) is 25.2 Å². The first-order valence-corrected chi connectivity index (χ1v) is 8.03. The number of hydrogen-bond donors (Lipinski definition) is 1. The van der Waals surface area contributed by atoms with Gasteiger partial charge in [0.15, 0.2) is 0 Å². The van der Waals surface area contributed by atoms with Gasteiger partial charge in [-0.3, -0.25) is 4.79 Å². The molecule has 0 aliphatic carbocycles. The third kappa shape index (κ3) is 5.41. The maximum atomic E-state index is 12.4. The molecule has 6 nitrogen and oxygen atoms in total. The topological polar surface area (TPSA) is 71.7 Å². The highest BCUT2D eigenvalue weighted by molar-refractivity contribution is 5.85. The Kier molecular flexibility index (Phi) is 8.48. The maximum Gasteiger partial charge on any atom is 0.227 e. The van der Waals surface area contributed by atoms with Gasteiger partial charge >= 0.3 is 0 Å². The van der Waals surface area contributed by atoms with E-state index in [1.54, 1.807) is 13.3 Å². The first-order chi connectivity index (χ1) is 11.7. The molecule has 3 rings (SSSR count). The van der Waals surface area contributed by atoms with Crippen molar-refractivity contribution in [3.05, 3.63) is 48.2 Å². The van der Waals surface area contributed by atoms with Crippen LogP contribution in [0.1, 0.15) is 5.56 Å². The normalized spacial score (nSPS) is 13.4. The second-order valence-electron chi connectivity index (χ2n) is 5.84. The van der Waals surface area contributed by atoms with Crippen LogP contribution < -0.4 is 15.4 Å². The van der Waals surface area contributed by atoms with Crippen molar-refractivity contribution in [1.29, 1.82) is 0 Å². The molecule has 1 fully saturated rings. The van der Waals surface area contributed by atoms with Crippen molar-refractivity contribution in [2.45, 2.75) is 6.42 Å². The van der Waals surface area contributed by atoms with Crippen LogP contribution in [0.4, 0.5) is 11.5 Å². The van der Waals surface area contributed by atoms with Gasteiger partial charge in [-0.1, -0.05) is 12.1 Å². The summed E-state index contributed by atoms with van der Waals surface area (Å²) in [6.07, 6.45) is 2.16. The van der Waals surface area contributed by atoms with E-state index in [1.807, 2.05) is 41.3 Å². The van der Waals surface area contributed by atoms with Gasteiger partial charge in [-0.05, 0) is 23.8 Å². The number of anilines is 2. The number of amides is 1. The molecule has 1 aliphatic heterocycles. The summed E-state index contributed by atoms with van der Waals surface area (Å²) in [5.41, 5.74) is 7.38. The number of piperazine rings is 1. The van der Waals surface area contributed by atoms with Crippen LogP contribution in [0, 0.1) is 0 Å². The minimum atomic E-state index is 0. The highest BCUT2D eigenvalue weighted by Gasteiger charge is 2.22. The number of aromatic nitrogens is 1. The summed E-state index contributed by atoms with van der Waals surface area (Å²) in [6.45, 7) is 2.95. The Bertz CT molecular complexity index is 705. The lowest BCUT2D eigenvalue weighted by molar-refractivity contribution is -0.130. The fourth-order valence-corrected chi connectivity index (χ4v) is 2.81. The molecular formula is C18H24Cl2N4O2. The Labute approximate surface area is 166 Å². The molecular weight excluding hydrogens is 375 g/mol. The molecule has 1 aromatic heterocycles. The molecule has 0 radical (unpaired) electrons. The number of carbonyl (C=O) groups excluding carboxylic acids is 1. The predicted octanol–water partition coefficient (Wildman–Crippen LogP) is 2.41. The van der Waals surface area contributed by atoms with Gasteiger partial charge in [0.05, 0.1) is 13.5 Å². The Morgan fingerprint density at radius 1 is 1.12 bits per heavy atom. The van der Waals surface area contributed by atoms with Gasteiger partial charge < -0.3 is 20.3 Å². The van der Waals surface area contributed by atoms with Gasteiger partial charge in [0.25, 0.3) is 0 Å². The fraction of sp³-hybridized carbons (Fsp3) is 0.333. The highest BCUT2D eigenvalue weighted by Crippen LogP contribution is 2.19. The summed E-state index contributed by atoms with van der Waals surface area (Å²) in [5.74, 6) is 1.83. The summed E-state index contributed by atoms with van der Waals surface area (Å²) < 4.78 is 5.24. The van der Waals surface area contributed by atoms with Crippen LogP contribution in [-0.4, -0.2) is 49.1 Å². The first kappa shape index (κ1) is 21.9. The minimum Gasteiger partial charge on any atom is -0.497 e. The average molecular weight is 399 g/mol. The molecule has 1 aliphatic rings. The van der Waals surface area contributed by atoms with E-state index in [4.69, 9.17) is 10.5 Å². The third-order valence-electron chi connectivity index (χ3n) is 4.24.